The Balaban J connectivity index is 1.61. The summed E-state index contributed by atoms with van der Waals surface area (Å²) in [7, 11) is 0. The quantitative estimate of drug-likeness (QED) is 0.441. The van der Waals surface area contributed by atoms with Gasteiger partial charge in [-0.25, -0.2) is 13.8 Å². The molecule has 0 spiro atoms. The van der Waals surface area contributed by atoms with Crippen LogP contribution in [0.2, 0.25) is 0 Å². The number of hydrogen-bond acceptors (Lipinski definition) is 3. The van der Waals surface area contributed by atoms with Crippen LogP contribution in [0, 0.1) is 11.6 Å². The summed E-state index contributed by atoms with van der Waals surface area (Å²) in [6, 6.07) is 19.6. The highest BCUT2D eigenvalue weighted by molar-refractivity contribution is 9.10. The van der Waals surface area contributed by atoms with Gasteiger partial charge in [0.25, 0.3) is 0 Å². The predicted molar refractivity (Wildman–Crippen MR) is 118 cm³/mol. The van der Waals surface area contributed by atoms with E-state index in [4.69, 9.17) is 4.99 Å². The molecule has 0 amide bonds. The minimum absolute atomic E-state index is 0.0864. The first-order valence-corrected chi connectivity index (χ1v) is 10.6. The molecule has 7 heteroatoms. The van der Waals surface area contributed by atoms with Gasteiger partial charge in [0.1, 0.15) is 6.04 Å². The second kappa shape index (κ2) is 8.63. The molecule has 148 valence electrons. The van der Waals surface area contributed by atoms with Crippen LogP contribution < -0.4 is 10.6 Å². The van der Waals surface area contributed by atoms with Crippen LogP contribution in [0.4, 0.5) is 8.78 Å². The molecular weight excluding hydrogens is 504 g/mol. The van der Waals surface area contributed by atoms with Crippen molar-refractivity contribution < 1.29 is 8.78 Å². The lowest BCUT2D eigenvalue weighted by atomic mass is 9.95. The van der Waals surface area contributed by atoms with Crippen LogP contribution in [0.3, 0.4) is 0 Å². The van der Waals surface area contributed by atoms with E-state index in [-0.39, 0.29) is 12.1 Å². The van der Waals surface area contributed by atoms with Crippen molar-refractivity contribution in [3.63, 3.8) is 0 Å². The summed E-state index contributed by atoms with van der Waals surface area (Å²) in [4.78, 5) is 4.85. The monoisotopic (exact) mass is 519 g/mol. The maximum atomic E-state index is 13.5. The highest BCUT2D eigenvalue weighted by Crippen LogP contribution is 2.40. The number of hydrogen-bond donors (Lipinski definition) is 2. The standard InChI is InChI=1S/C22H17Br2F2N3/c23-16-7-3-1-5-14(16)20-21(15-6-2-4-8-17(15)24)29-22(28-20)27-12-13-9-10-18(25)19(26)11-13/h1-11,20-21H,12H2,(H2,27,28,29). The van der Waals surface area contributed by atoms with E-state index in [0.29, 0.717) is 18.1 Å². The molecule has 0 bridgehead atoms. The first-order chi connectivity index (χ1) is 14.0. The van der Waals surface area contributed by atoms with Crippen LogP contribution in [0.1, 0.15) is 28.8 Å². The SMILES string of the molecule is Fc1ccc(CNC2=NC(c3ccccc3Br)C(c3ccccc3Br)N2)cc1F. The number of halogens is 4. The zero-order valence-corrected chi connectivity index (χ0v) is 18.3. The fraction of sp³-hybridized carbons (Fsp3) is 0.136. The van der Waals surface area contributed by atoms with E-state index in [1.54, 1.807) is 6.07 Å². The molecule has 0 radical (unpaired) electrons. The summed E-state index contributed by atoms with van der Waals surface area (Å²) in [5.41, 5.74) is 2.78. The van der Waals surface area contributed by atoms with Crippen molar-refractivity contribution >= 4 is 37.8 Å². The third kappa shape index (κ3) is 4.36. The highest BCUT2D eigenvalue weighted by atomic mass is 79.9. The number of aliphatic imine (C=N–C) groups is 1. The van der Waals surface area contributed by atoms with Crippen LogP contribution in [0.25, 0.3) is 0 Å². The molecule has 0 saturated carbocycles. The average Bonchev–Trinajstić information content (AvgIpc) is 3.13. The molecule has 1 heterocycles. The third-order valence-electron chi connectivity index (χ3n) is 4.78. The summed E-state index contributed by atoms with van der Waals surface area (Å²) in [6.07, 6.45) is 0. The molecule has 0 fully saturated rings. The highest BCUT2D eigenvalue weighted by Gasteiger charge is 2.33. The smallest absolute Gasteiger partial charge is 0.192 e. The lowest BCUT2D eigenvalue weighted by molar-refractivity contribution is 0.506. The van der Waals surface area contributed by atoms with Gasteiger partial charge in [-0.05, 0) is 41.0 Å². The Kier molecular flexibility index (Phi) is 5.96. The zero-order chi connectivity index (χ0) is 20.4. The van der Waals surface area contributed by atoms with E-state index in [9.17, 15) is 8.78 Å². The molecule has 0 saturated heterocycles. The van der Waals surface area contributed by atoms with E-state index >= 15 is 0 Å². The fourth-order valence-corrected chi connectivity index (χ4v) is 4.40. The minimum atomic E-state index is -0.859. The van der Waals surface area contributed by atoms with Crippen LogP contribution in [0.5, 0.6) is 0 Å². The number of nitrogens with one attached hydrogen (secondary N) is 2. The van der Waals surface area contributed by atoms with E-state index in [1.807, 2.05) is 42.5 Å². The van der Waals surface area contributed by atoms with Gasteiger partial charge < -0.3 is 10.6 Å². The summed E-state index contributed by atoms with van der Waals surface area (Å²) < 4.78 is 28.6. The van der Waals surface area contributed by atoms with Gasteiger partial charge in [0, 0.05) is 15.5 Å². The molecule has 1 aliphatic heterocycles. The van der Waals surface area contributed by atoms with E-state index in [1.165, 1.54) is 6.07 Å². The van der Waals surface area contributed by atoms with Crippen molar-refractivity contribution in [3.8, 4) is 0 Å². The minimum Gasteiger partial charge on any atom is -0.352 e. The van der Waals surface area contributed by atoms with E-state index in [0.717, 1.165) is 26.1 Å². The van der Waals surface area contributed by atoms with Crippen LogP contribution >= 0.6 is 31.9 Å². The molecule has 2 N–H and O–H groups in total. The van der Waals surface area contributed by atoms with Gasteiger partial charge in [-0.2, -0.15) is 0 Å². The fourth-order valence-electron chi connectivity index (χ4n) is 3.35. The lowest BCUT2D eigenvalue weighted by Gasteiger charge is -2.21. The van der Waals surface area contributed by atoms with Crippen molar-refractivity contribution in [1.29, 1.82) is 0 Å². The number of nitrogens with zero attached hydrogens (tertiary/aromatic N) is 1. The maximum Gasteiger partial charge on any atom is 0.192 e. The Labute approximate surface area is 184 Å². The predicted octanol–water partition coefficient (Wildman–Crippen LogP) is 6.02. The second-order valence-electron chi connectivity index (χ2n) is 6.69. The first kappa shape index (κ1) is 20.0. The van der Waals surface area contributed by atoms with E-state index < -0.39 is 11.6 Å². The van der Waals surface area contributed by atoms with Crippen molar-refractivity contribution in [2.75, 3.05) is 0 Å². The Morgan fingerprint density at radius 3 is 2.17 bits per heavy atom. The van der Waals surface area contributed by atoms with E-state index in [2.05, 4.69) is 48.6 Å². The summed E-state index contributed by atoms with van der Waals surface area (Å²) in [5.74, 6) is -1.10. The molecule has 3 aromatic rings. The largest absolute Gasteiger partial charge is 0.352 e. The molecule has 29 heavy (non-hydrogen) atoms. The van der Waals surface area contributed by atoms with Gasteiger partial charge in [0.15, 0.2) is 17.6 Å². The molecule has 3 nitrogen and oxygen atoms in total. The lowest BCUT2D eigenvalue weighted by Crippen LogP contribution is -2.35. The Morgan fingerprint density at radius 1 is 0.862 bits per heavy atom. The molecule has 1 aliphatic rings. The van der Waals surface area contributed by atoms with Crippen LogP contribution in [-0.4, -0.2) is 5.96 Å². The Bertz CT molecular complexity index is 1070. The third-order valence-corrected chi connectivity index (χ3v) is 6.23. The topological polar surface area (TPSA) is 36.4 Å². The Hall–Kier alpha value is -2.25. The molecule has 2 unspecified atom stereocenters. The molecule has 0 aromatic heterocycles. The van der Waals surface area contributed by atoms with Crippen molar-refractivity contribution in [2.45, 2.75) is 18.6 Å². The summed E-state index contributed by atoms with van der Waals surface area (Å²) in [6.45, 7) is 0.328. The number of benzene rings is 3. The molecule has 4 rings (SSSR count). The number of rotatable bonds is 4. The molecule has 0 aliphatic carbocycles. The summed E-state index contributed by atoms with van der Waals surface area (Å²) in [5, 5.41) is 6.64. The molecular formula is C22H17Br2F2N3. The van der Waals surface area contributed by atoms with Crippen molar-refractivity contribution in [3.05, 3.63) is 104 Å². The van der Waals surface area contributed by atoms with Gasteiger partial charge in [0.2, 0.25) is 0 Å². The first-order valence-electron chi connectivity index (χ1n) is 9.04. The molecule has 2 atom stereocenters. The van der Waals surface area contributed by atoms with Gasteiger partial charge in [-0.15, -0.1) is 0 Å². The normalized spacial score (nSPS) is 18.3. The Morgan fingerprint density at radius 2 is 1.52 bits per heavy atom. The van der Waals surface area contributed by atoms with Crippen LogP contribution in [0.15, 0.2) is 80.7 Å². The molecule has 3 aromatic carbocycles. The van der Waals surface area contributed by atoms with Gasteiger partial charge in [-0.3, -0.25) is 0 Å². The van der Waals surface area contributed by atoms with Gasteiger partial charge in [-0.1, -0.05) is 74.3 Å². The summed E-state index contributed by atoms with van der Waals surface area (Å²) >= 11 is 7.26. The average molecular weight is 521 g/mol. The van der Waals surface area contributed by atoms with Gasteiger partial charge >= 0.3 is 0 Å². The second-order valence-corrected chi connectivity index (χ2v) is 8.40. The number of guanidine groups is 1. The van der Waals surface area contributed by atoms with Crippen molar-refractivity contribution in [2.24, 2.45) is 4.99 Å². The zero-order valence-electron chi connectivity index (χ0n) is 15.2. The maximum absolute atomic E-state index is 13.5. The van der Waals surface area contributed by atoms with Gasteiger partial charge in [0.05, 0.1) is 6.04 Å². The van der Waals surface area contributed by atoms with Crippen molar-refractivity contribution in [1.82, 2.24) is 10.6 Å². The van der Waals surface area contributed by atoms with Crippen LogP contribution in [-0.2, 0) is 6.54 Å².